The summed E-state index contributed by atoms with van der Waals surface area (Å²) in [5, 5.41) is 7.39. The number of benzene rings is 2. The van der Waals surface area contributed by atoms with Crippen molar-refractivity contribution in [3.05, 3.63) is 82.7 Å². The monoisotopic (exact) mass is 491 g/mol. The lowest BCUT2D eigenvalue weighted by molar-refractivity contribution is -0.115. The minimum absolute atomic E-state index is 0.104. The van der Waals surface area contributed by atoms with Gasteiger partial charge in [-0.05, 0) is 53.9 Å². The van der Waals surface area contributed by atoms with Crippen molar-refractivity contribution in [2.75, 3.05) is 10.0 Å². The van der Waals surface area contributed by atoms with Gasteiger partial charge >= 0.3 is 0 Å². The SMILES string of the molecule is O=C(Cc1csc(-c2cccs2)n1)Nc1ccc(NS(=O)(=O)c2ccc(F)c(F)c2)cc1. The first-order valence-electron chi connectivity index (χ1n) is 9.16. The van der Waals surface area contributed by atoms with Crippen LogP contribution < -0.4 is 10.0 Å². The number of nitrogens with zero attached hydrogens (tertiary/aromatic N) is 1. The van der Waals surface area contributed by atoms with E-state index in [1.54, 1.807) is 11.3 Å². The van der Waals surface area contributed by atoms with Crippen LogP contribution in [-0.4, -0.2) is 19.3 Å². The van der Waals surface area contributed by atoms with E-state index in [4.69, 9.17) is 0 Å². The number of hydrogen-bond donors (Lipinski definition) is 2. The molecule has 0 unspecified atom stereocenters. The number of hydrogen-bond acceptors (Lipinski definition) is 6. The third-order valence-electron chi connectivity index (χ3n) is 4.25. The average molecular weight is 492 g/mol. The van der Waals surface area contributed by atoms with Crippen molar-refractivity contribution in [3.63, 3.8) is 0 Å². The zero-order chi connectivity index (χ0) is 22.7. The molecule has 11 heteroatoms. The summed E-state index contributed by atoms with van der Waals surface area (Å²) in [6, 6.07) is 12.2. The van der Waals surface area contributed by atoms with Crippen LogP contribution in [0.4, 0.5) is 20.2 Å². The number of amides is 1. The van der Waals surface area contributed by atoms with Gasteiger partial charge in [0.15, 0.2) is 11.6 Å². The van der Waals surface area contributed by atoms with Gasteiger partial charge in [-0.2, -0.15) is 0 Å². The molecule has 164 valence electrons. The van der Waals surface area contributed by atoms with Gasteiger partial charge in [0.1, 0.15) is 5.01 Å². The topological polar surface area (TPSA) is 88.2 Å². The maximum Gasteiger partial charge on any atom is 0.261 e. The number of sulfonamides is 1. The van der Waals surface area contributed by atoms with E-state index in [2.05, 4.69) is 15.0 Å². The predicted molar refractivity (Wildman–Crippen MR) is 121 cm³/mol. The molecular weight excluding hydrogens is 476 g/mol. The molecule has 0 radical (unpaired) electrons. The molecule has 4 aromatic rings. The fourth-order valence-electron chi connectivity index (χ4n) is 2.75. The van der Waals surface area contributed by atoms with Crippen LogP contribution in [0.2, 0.25) is 0 Å². The molecule has 2 aromatic heterocycles. The van der Waals surface area contributed by atoms with Gasteiger partial charge in [-0.3, -0.25) is 9.52 Å². The summed E-state index contributed by atoms with van der Waals surface area (Å²) in [5.74, 6) is -2.65. The van der Waals surface area contributed by atoms with E-state index in [-0.39, 0.29) is 18.0 Å². The largest absolute Gasteiger partial charge is 0.326 e. The molecule has 1 amide bonds. The lowest BCUT2D eigenvalue weighted by atomic mass is 10.2. The van der Waals surface area contributed by atoms with Crippen molar-refractivity contribution in [3.8, 4) is 9.88 Å². The van der Waals surface area contributed by atoms with E-state index in [0.29, 0.717) is 17.4 Å². The Bertz CT molecular complexity index is 1350. The quantitative estimate of drug-likeness (QED) is 0.375. The van der Waals surface area contributed by atoms with Gasteiger partial charge in [-0.25, -0.2) is 22.2 Å². The molecule has 6 nitrogen and oxygen atoms in total. The third kappa shape index (κ3) is 5.18. The van der Waals surface area contributed by atoms with E-state index >= 15 is 0 Å². The first-order valence-corrected chi connectivity index (χ1v) is 12.4. The Balaban J connectivity index is 1.37. The summed E-state index contributed by atoms with van der Waals surface area (Å²) >= 11 is 3.05. The number of carbonyl (C=O) groups excluding carboxylic acids is 1. The molecule has 2 N–H and O–H groups in total. The molecule has 2 heterocycles. The summed E-state index contributed by atoms with van der Waals surface area (Å²) in [5.41, 5.74) is 1.33. The second-order valence-electron chi connectivity index (χ2n) is 6.61. The van der Waals surface area contributed by atoms with Crippen LogP contribution in [0.25, 0.3) is 9.88 Å². The molecule has 0 aliphatic carbocycles. The fraction of sp³-hybridized carbons (Fsp3) is 0.0476. The normalized spacial score (nSPS) is 11.3. The van der Waals surface area contributed by atoms with Gasteiger partial charge in [-0.1, -0.05) is 6.07 Å². The highest BCUT2D eigenvalue weighted by atomic mass is 32.2. The van der Waals surface area contributed by atoms with Crippen LogP contribution in [0.5, 0.6) is 0 Å². The van der Waals surface area contributed by atoms with E-state index in [9.17, 15) is 22.0 Å². The van der Waals surface area contributed by atoms with Crippen molar-refractivity contribution in [1.29, 1.82) is 0 Å². The fourth-order valence-corrected chi connectivity index (χ4v) is 5.45. The molecule has 0 atom stereocenters. The molecule has 32 heavy (non-hydrogen) atoms. The van der Waals surface area contributed by atoms with Crippen molar-refractivity contribution in [2.24, 2.45) is 0 Å². The van der Waals surface area contributed by atoms with Crippen LogP contribution in [0.15, 0.2) is 70.3 Å². The van der Waals surface area contributed by atoms with E-state index < -0.39 is 26.6 Å². The van der Waals surface area contributed by atoms with Gasteiger partial charge < -0.3 is 5.32 Å². The Morgan fingerprint density at radius 1 is 0.969 bits per heavy atom. The minimum Gasteiger partial charge on any atom is -0.326 e. The van der Waals surface area contributed by atoms with Crippen LogP contribution in [0.1, 0.15) is 5.69 Å². The van der Waals surface area contributed by atoms with Gasteiger partial charge in [0.25, 0.3) is 10.0 Å². The smallest absolute Gasteiger partial charge is 0.261 e. The number of thiophene rings is 1. The summed E-state index contributed by atoms with van der Waals surface area (Å²) in [6.45, 7) is 0. The summed E-state index contributed by atoms with van der Waals surface area (Å²) in [7, 11) is -4.10. The van der Waals surface area contributed by atoms with Gasteiger partial charge in [-0.15, -0.1) is 22.7 Å². The highest BCUT2D eigenvalue weighted by molar-refractivity contribution is 7.92. The molecule has 0 aliphatic heterocycles. The molecule has 0 saturated carbocycles. The third-order valence-corrected chi connectivity index (χ3v) is 7.56. The molecule has 0 spiro atoms. The zero-order valence-corrected chi connectivity index (χ0v) is 18.7. The lowest BCUT2D eigenvalue weighted by Gasteiger charge is -2.10. The number of thiazole rings is 1. The first kappa shape index (κ1) is 22.1. The van der Waals surface area contributed by atoms with Crippen LogP contribution >= 0.6 is 22.7 Å². The van der Waals surface area contributed by atoms with Crippen LogP contribution in [-0.2, 0) is 21.2 Å². The number of anilines is 2. The van der Waals surface area contributed by atoms with Gasteiger partial charge in [0.05, 0.1) is 21.9 Å². The Hall–Kier alpha value is -3.15. The van der Waals surface area contributed by atoms with Crippen molar-refractivity contribution in [1.82, 2.24) is 4.98 Å². The number of carbonyl (C=O) groups is 1. The Morgan fingerprint density at radius 2 is 1.72 bits per heavy atom. The molecule has 0 bridgehead atoms. The molecule has 0 fully saturated rings. The number of rotatable bonds is 7. The summed E-state index contributed by atoms with van der Waals surface area (Å²) < 4.78 is 53.3. The average Bonchev–Trinajstić information content (AvgIpc) is 3.43. The highest BCUT2D eigenvalue weighted by Gasteiger charge is 2.17. The number of aromatic nitrogens is 1. The number of nitrogens with one attached hydrogen (secondary N) is 2. The maximum atomic E-state index is 13.3. The molecule has 0 aliphatic rings. The van der Waals surface area contributed by atoms with E-state index in [1.807, 2.05) is 22.9 Å². The van der Waals surface area contributed by atoms with Gasteiger partial charge in [0.2, 0.25) is 5.91 Å². The van der Waals surface area contributed by atoms with Crippen molar-refractivity contribution < 1.29 is 22.0 Å². The standard InChI is InChI=1S/C21H15F2N3O3S3/c22-17-8-7-16(11-18(17)23)32(28,29)26-14-5-3-13(4-6-14)24-20(27)10-15-12-31-21(25-15)19-2-1-9-30-19/h1-9,11-12,26H,10H2,(H,24,27). The highest BCUT2D eigenvalue weighted by Crippen LogP contribution is 2.28. The minimum atomic E-state index is -4.10. The Labute approximate surface area is 190 Å². The Morgan fingerprint density at radius 3 is 2.41 bits per heavy atom. The summed E-state index contributed by atoms with van der Waals surface area (Å²) in [6.07, 6.45) is 0.104. The van der Waals surface area contributed by atoms with Crippen molar-refractivity contribution in [2.45, 2.75) is 11.3 Å². The predicted octanol–water partition coefficient (Wildman–Crippen LogP) is 5.13. The van der Waals surface area contributed by atoms with E-state index in [0.717, 1.165) is 22.0 Å². The zero-order valence-electron chi connectivity index (χ0n) is 16.2. The molecule has 4 rings (SSSR count). The lowest BCUT2D eigenvalue weighted by Crippen LogP contribution is -2.15. The summed E-state index contributed by atoms with van der Waals surface area (Å²) in [4.78, 5) is 17.4. The first-order chi connectivity index (χ1) is 15.3. The molecule has 2 aromatic carbocycles. The molecular formula is C21H15F2N3O3S3. The van der Waals surface area contributed by atoms with Crippen LogP contribution in [0, 0.1) is 11.6 Å². The second-order valence-corrected chi connectivity index (χ2v) is 10.1. The Kier molecular flexibility index (Phi) is 6.31. The van der Waals surface area contributed by atoms with Crippen LogP contribution in [0.3, 0.4) is 0 Å². The van der Waals surface area contributed by atoms with Gasteiger partial charge in [0, 0.05) is 16.8 Å². The molecule has 0 saturated heterocycles. The number of halogens is 2. The van der Waals surface area contributed by atoms with E-state index in [1.165, 1.54) is 35.6 Å². The second kappa shape index (κ2) is 9.15. The van der Waals surface area contributed by atoms with Crippen molar-refractivity contribution >= 4 is 50.0 Å². The maximum absolute atomic E-state index is 13.3.